The van der Waals surface area contributed by atoms with Crippen LogP contribution in [0, 0.1) is 10.1 Å². The van der Waals surface area contributed by atoms with Gasteiger partial charge in [-0.1, -0.05) is 11.3 Å². The lowest BCUT2D eigenvalue weighted by Gasteiger charge is -2.07. The average Bonchev–Trinajstić information content (AvgIpc) is 2.86. The van der Waals surface area contributed by atoms with Gasteiger partial charge in [-0.25, -0.2) is 8.42 Å². The molecular weight excluding hydrogens is 384 g/mol. The normalized spacial score (nSPS) is 11.1. The fraction of sp³-hybridized carbons (Fsp3) is 0.100. The Morgan fingerprint density at radius 1 is 1.48 bits per heavy atom. The van der Waals surface area contributed by atoms with Crippen molar-refractivity contribution in [3.63, 3.8) is 0 Å². The third-order valence-electron chi connectivity index (χ3n) is 2.40. The van der Waals surface area contributed by atoms with E-state index >= 15 is 0 Å². The fourth-order valence-corrected chi connectivity index (χ4v) is 4.30. The number of thiophene rings is 1. The van der Waals surface area contributed by atoms with Crippen molar-refractivity contribution in [3.05, 3.63) is 39.1 Å². The standard InChI is InChI=1S/C10H9BrN4O4S2/c1-12-10-8(15(16)17)4-9(20-10)21(18,19)14-7-2-3-13-5-6(7)11/h2-5,12H,1H3,(H,13,14). The lowest BCUT2D eigenvalue weighted by Crippen LogP contribution is -2.11. The van der Waals surface area contributed by atoms with Crippen LogP contribution in [0.1, 0.15) is 0 Å². The van der Waals surface area contributed by atoms with Gasteiger partial charge in [-0.3, -0.25) is 19.8 Å². The molecule has 8 nitrogen and oxygen atoms in total. The molecule has 0 aliphatic carbocycles. The van der Waals surface area contributed by atoms with Crippen LogP contribution in [0.25, 0.3) is 0 Å². The van der Waals surface area contributed by atoms with Crippen LogP contribution in [0.2, 0.25) is 0 Å². The van der Waals surface area contributed by atoms with Crippen molar-refractivity contribution in [2.24, 2.45) is 0 Å². The van der Waals surface area contributed by atoms with Crippen molar-refractivity contribution in [2.45, 2.75) is 4.21 Å². The van der Waals surface area contributed by atoms with E-state index in [-0.39, 0.29) is 14.9 Å². The summed E-state index contributed by atoms with van der Waals surface area (Å²) in [7, 11) is -2.43. The Bertz CT molecular complexity index is 790. The molecular formula is C10H9BrN4O4S2. The zero-order valence-electron chi connectivity index (χ0n) is 10.5. The molecule has 0 unspecified atom stereocenters. The van der Waals surface area contributed by atoms with Crippen LogP contribution in [-0.2, 0) is 10.0 Å². The summed E-state index contributed by atoms with van der Waals surface area (Å²) < 4.78 is 27.2. The molecule has 0 spiro atoms. The summed E-state index contributed by atoms with van der Waals surface area (Å²) in [5.41, 5.74) is 0.0173. The predicted octanol–water partition coefficient (Wildman–Crippen LogP) is 2.66. The monoisotopic (exact) mass is 392 g/mol. The minimum Gasteiger partial charge on any atom is -0.374 e. The Morgan fingerprint density at radius 2 is 2.19 bits per heavy atom. The minimum absolute atomic E-state index is 0.151. The second kappa shape index (κ2) is 5.95. The van der Waals surface area contributed by atoms with Gasteiger partial charge in [-0.05, 0) is 22.0 Å². The Labute approximate surface area is 132 Å². The van der Waals surface area contributed by atoms with Gasteiger partial charge in [0.15, 0.2) is 5.00 Å². The molecule has 2 heterocycles. The van der Waals surface area contributed by atoms with E-state index in [4.69, 9.17) is 0 Å². The molecule has 0 saturated heterocycles. The van der Waals surface area contributed by atoms with Crippen LogP contribution in [0.3, 0.4) is 0 Å². The number of hydrogen-bond donors (Lipinski definition) is 2. The molecule has 2 aromatic rings. The van der Waals surface area contributed by atoms with Crippen LogP contribution in [0.15, 0.2) is 33.2 Å². The van der Waals surface area contributed by atoms with E-state index in [1.807, 2.05) is 0 Å². The highest BCUT2D eigenvalue weighted by atomic mass is 79.9. The van der Waals surface area contributed by atoms with Crippen LogP contribution < -0.4 is 10.0 Å². The summed E-state index contributed by atoms with van der Waals surface area (Å²) in [6.07, 6.45) is 2.87. The maximum Gasteiger partial charge on any atom is 0.304 e. The third kappa shape index (κ3) is 3.31. The number of hydrogen-bond acceptors (Lipinski definition) is 7. The van der Waals surface area contributed by atoms with Crippen molar-refractivity contribution in [1.29, 1.82) is 0 Å². The first-order valence-corrected chi connectivity index (χ1v) is 8.52. The number of pyridine rings is 1. The largest absolute Gasteiger partial charge is 0.374 e. The number of anilines is 2. The van der Waals surface area contributed by atoms with Gasteiger partial charge in [-0.15, -0.1) is 0 Å². The van der Waals surface area contributed by atoms with Crippen molar-refractivity contribution >= 4 is 53.7 Å². The number of aromatic nitrogens is 1. The summed E-state index contributed by atoms with van der Waals surface area (Å²) in [4.78, 5) is 14.1. The summed E-state index contributed by atoms with van der Waals surface area (Å²) in [6, 6.07) is 2.50. The molecule has 21 heavy (non-hydrogen) atoms. The molecule has 0 atom stereocenters. The van der Waals surface area contributed by atoms with Gasteiger partial charge in [0, 0.05) is 25.5 Å². The van der Waals surface area contributed by atoms with Crippen LogP contribution >= 0.6 is 27.3 Å². The lowest BCUT2D eigenvalue weighted by molar-refractivity contribution is -0.383. The van der Waals surface area contributed by atoms with E-state index in [1.54, 1.807) is 0 Å². The fourth-order valence-electron chi connectivity index (χ4n) is 1.46. The van der Waals surface area contributed by atoms with Crippen LogP contribution in [0.4, 0.5) is 16.4 Å². The first kappa shape index (κ1) is 15.7. The smallest absolute Gasteiger partial charge is 0.304 e. The van der Waals surface area contributed by atoms with Crippen LogP contribution in [-0.4, -0.2) is 25.4 Å². The molecule has 0 bridgehead atoms. The van der Waals surface area contributed by atoms with Crippen molar-refractivity contribution in [1.82, 2.24) is 4.98 Å². The number of nitrogens with one attached hydrogen (secondary N) is 2. The number of nitro groups is 1. The van der Waals surface area contributed by atoms with Crippen molar-refractivity contribution in [3.8, 4) is 0 Å². The number of rotatable bonds is 5. The second-order valence-electron chi connectivity index (χ2n) is 3.75. The number of nitrogens with zero attached hydrogens (tertiary/aromatic N) is 2. The molecule has 0 saturated carbocycles. The summed E-state index contributed by atoms with van der Waals surface area (Å²) in [5, 5.41) is 13.7. The average molecular weight is 393 g/mol. The van der Waals surface area contributed by atoms with E-state index < -0.39 is 14.9 Å². The molecule has 0 radical (unpaired) electrons. The highest BCUT2D eigenvalue weighted by molar-refractivity contribution is 9.10. The Kier molecular flexibility index (Phi) is 4.44. The van der Waals surface area contributed by atoms with E-state index in [0.29, 0.717) is 10.2 Å². The predicted molar refractivity (Wildman–Crippen MR) is 83.3 cm³/mol. The van der Waals surface area contributed by atoms with E-state index in [1.165, 1.54) is 25.5 Å². The zero-order valence-corrected chi connectivity index (χ0v) is 13.8. The summed E-state index contributed by atoms with van der Waals surface area (Å²) in [6.45, 7) is 0. The molecule has 0 fully saturated rings. The first-order chi connectivity index (χ1) is 9.85. The molecule has 0 aliphatic rings. The van der Waals surface area contributed by atoms with Crippen molar-refractivity contribution in [2.75, 3.05) is 17.1 Å². The minimum atomic E-state index is -3.91. The van der Waals surface area contributed by atoms with Gasteiger partial charge in [0.1, 0.15) is 4.21 Å². The van der Waals surface area contributed by atoms with Gasteiger partial charge in [0.05, 0.1) is 15.1 Å². The van der Waals surface area contributed by atoms with E-state index in [2.05, 4.69) is 31.0 Å². The summed E-state index contributed by atoms with van der Waals surface area (Å²) in [5.74, 6) is 0. The maximum atomic E-state index is 12.3. The van der Waals surface area contributed by atoms with Gasteiger partial charge in [-0.2, -0.15) is 0 Å². The zero-order chi connectivity index (χ0) is 15.6. The highest BCUT2D eigenvalue weighted by Gasteiger charge is 2.26. The highest BCUT2D eigenvalue weighted by Crippen LogP contribution is 2.37. The quantitative estimate of drug-likeness (QED) is 0.596. The SMILES string of the molecule is CNc1sc(S(=O)(=O)Nc2ccncc2Br)cc1[N+](=O)[O-]. The lowest BCUT2D eigenvalue weighted by atomic mass is 10.4. The number of halogens is 1. The van der Waals surface area contributed by atoms with Gasteiger partial charge < -0.3 is 5.32 Å². The van der Waals surface area contributed by atoms with E-state index in [9.17, 15) is 18.5 Å². The Morgan fingerprint density at radius 3 is 2.71 bits per heavy atom. The molecule has 112 valence electrons. The molecule has 0 amide bonds. The molecule has 0 aliphatic heterocycles. The molecule has 2 N–H and O–H groups in total. The molecule has 2 rings (SSSR count). The Balaban J connectivity index is 2.41. The summed E-state index contributed by atoms with van der Waals surface area (Å²) >= 11 is 3.96. The molecule has 11 heteroatoms. The van der Waals surface area contributed by atoms with E-state index in [0.717, 1.165) is 17.4 Å². The number of sulfonamides is 1. The topological polar surface area (TPSA) is 114 Å². The van der Waals surface area contributed by atoms with Gasteiger partial charge in [0.25, 0.3) is 10.0 Å². The third-order valence-corrected chi connectivity index (χ3v) is 6.01. The Hall–Kier alpha value is -1.72. The molecule has 2 aromatic heterocycles. The maximum absolute atomic E-state index is 12.3. The van der Waals surface area contributed by atoms with Crippen LogP contribution in [0.5, 0.6) is 0 Å². The van der Waals surface area contributed by atoms with Gasteiger partial charge >= 0.3 is 5.69 Å². The van der Waals surface area contributed by atoms with Crippen molar-refractivity contribution < 1.29 is 13.3 Å². The molecule has 0 aromatic carbocycles. The second-order valence-corrected chi connectivity index (χ2v) is 7.56. The van der Waals surface area contributed by atoms with Gasteiger partial charge in [0.2, 0.25) is 0 Å². The first-order valence-electron chi connectivity index (χ1n) is 5.43.